The largest absolute Gasteiger partial charge is 0.416 e. The zero-order valence-electron chi connectivity index (χ0n) is 21.0. The number of amides is 2. The van der Waals surface area contributed by atoms with E-state index in [-0.39, 0.29) is 62.4 Å². The van der Waals surface area contributed by atoms with E-state index in [9.17, 15) is 31.2 Å². The molecule has 1 fully saturated rings. The van der Waals surface area contributed by atoms with Gasteiger partial charge in [0.1, 0.15) is 0 Å². The van der Waals surface area contributed by atoms with Gasteiger partial charge in [-0.25, -0.2) is 8.42 Å². The zero-order chi connectivity index (χ0) is 28.4. The average Bonchev–Trinajstić information content (AvgIpc) is 2.87. The molecule has 1 heterocycles. The molecule has 0 spiro atoms. The fourth-order valence-electron chi connectivity index (χ4n) is 4.49. The van der Waals surface area contributed by atoms with E-state index in [0.29, 0.717) is 19.4 Å². The van der Waals surface area contributed by atoms with E-state index < -0.39 is 27.5 Å². The molecule has 2 amide bonds. The third-order valence-corrected chi connectivity index (χ3v) is 8.90. The molecule has 0 aliphatic carbocycles. The Morgan fingerprint density at radius 2 is 1.87 bits per heavy atom. The van der Waals surface area contributed by atoms with Gasteiger partial charge in [0.2, 0.25) is 5.91 Å². The number of likely N-dealkylation sites (tertiary alicyclic amines) is 1. The maximum atomic E-state index is 14.2. The minimum atomic E-state index is -4.82. The predicted octanol–water partition coefficient (Wildman–Crippen LogP) is 5.04. The van der Waals surface area contributed by atoms with Gasteiger partial charge in [-0.15, -0.1) is 0 Å². The van der Waals surface area contributed by atoms with E-state index in [2.05, 4.69) is 5.32 Å². The summed E-state index contributed by atoms with van der Waals surface area (Å²) in [7, 11) is -1.01. The second-order valence-electron chi connectivity index (χ2n) is 9.05. The first kappa shape index (κ1) is 30.2. The van der Waals surface area contributed by atoms with Gasteiger partial charge in [0.05, 0.1) is 27.8 Å². The monoisotopic (exact) mass is 593 g/mol. The number of nitrogens with zero attached hydrogens (tertiary/aromatic N) is 2. The van der Waals surface area contributed by atoms with E-state index in [0.717, 1.165) is 17.0 Å². The van der Waals surface area contributed by atoms with Gasteiger partial charge in [-0.05, 0) is 55.3 Å². The highest BCUT2D eigenvalue weighted by molar-refractivity contribution is 7.91. The Morgan fingerprint density at radius 1 is 1.18 bits per heavy atom. The van der Waals surface area contributed by atoms with Crippen molar-refractivity contribution in [1.82, 2.24) is 10.2 Å². The Kier molecular flexibility index (Phi) is 9.39. The van der Waals surface area contributed by atoms with Crippen molar-refractivity contribution >= 4 is 50.5 Å². The maximum Gasteiger partial charge on any atom is 0.416 e. The van der Waals surface area contributed by atoms with Crippen LogP contribution in [0.15, 0.2) is 35.2 Å². The van der Waals surface area contributed by atoms with Crippen LogP contribution in [0.2, 0.25) is 10.0 Å². The van der Waals surface area contributed by atoms with Crippen molar-refractivity contribution in [3.63, 3.8) is 0 Å². The summed E-state index contributed by atoms with van der Waals surface area (Å²) in [4.78, 5) is 27.9. The Labute approximate surface area is 229 Å². The first-order valence-electron chi connectivity index (χ1n) is 11.8. The number of alkyl halides is 3. The fraction of sp³-hybridized carbons (Fsp3) is 0.440. The smallest absolute Gasteiger partial charge is 0.359 e. The molecule has 2 aromatic rings. The molecule has 1 atom stereocenters. The molecular formula is C25H28Cl2F3N3O4S. The summed E-state index contributed by atoms with van der Waals surface area (Å²) in [5, 5.41) is 2.46. The van der Waals surface area contributed by atoms with Gasteiger partial charge >= 0.3 is 6.18 Å². The Balaban J connectivity index is 2.00. The van der Waals surface area contributed by atoms with Crippen molar-refractivity contribution in [1.29, 1.82) is 0 Å². The summed E-state index contributed by atoms with van der Waals surface area (Å²) in [6, 6.07) is 5.74. The highest BCUT2D eigenvalue weighted by Gasteiger charge is 2.37. The number of nitrogens with one attached hydrogen (secondary N) is 1. The van der Waals surface area contributed by atoms with E-state index in [4.69, 9.17) is 23.2 Å². The molecule has 0 aromatic heterocycles. The molecule has 1 aliphatic rings. The third kappa shape index (κ3) is 6.62. The van der Waals surface area contributed by atoms with Gasteiger partial charge in [0, 0.05) is 42.8 Å². The number of rotatable bonds is 7. The molecule has 1 N–H and O–H groups in total. The van der Waals surface area contributed by atoms with E-state index in [1.807, 2.05) is 0 Å². The Bertz CT molecular complexity index is 1340. The fourth-order valence-corrected chi connectivity index (χ4v) is 6.04. The van der Waals surface area contributed by atoms with Crippen LogP contribution in [0.1, 0.15) is 41.3 Å². The molecule has 0 unspecified atom stereocenters. The highest BCUT2D eigenvalue weighted by Crippen LogP contribution is 2.38. The van der Waals surface area contributed by atoms with E-state index >= 15 is 0 Å². The molecule has 1 aliphatic heterocycles. The summed E-state index contributed by atoms with van der Waals surface area (Å²) >= 11 is 12.4. The lowest BCUT2D eigenvalue weighted by molar-refractivity contribution is -0.138. The number of carbonyl (C=O) groups excluding carboxylic acids is 2. The van der Waals surface area contributed by atoms with E-state index in [1.54, 1.807) is 4.90 Å². The lowest BCUT2D eigenvalue weighted by Crippen LogP contribution is -2.42. The number of anilines is 1. The first-order valence-corrected chi connectivity index (χ1v) is 14.2. The highest BCUT2D eigenvalue weighted by atomic mass is 35.5. The second-order valence-corrected chi connectivity index (χ2v) is 12.1. The molecule has 208 valence electrons. The van der Waals surface area contributed by atoms with Crippen LogP contribution in [-0.4, -0.2) is 58.1 Å². The van der Waals surface area contributed by atoms with Crippen LogP contribution in [-0.2, 0) is 27.4 Å². The summed E-state index contributed by atoms with van der Waals surface area (Å²) in [5.41, 5.74) is -1.70. The number of hydrogen-bond acceptors (Lipinski definition) is 5. The lowest BCUT2D eigenvalue weighted by Gasteiger charge is -2.32. The molecular weight excluding hydrogens is 566 g/mol. The van der Waals surface area contributed by atoms with Gasteiger partial charge < -0.3 is 10.2 Å². The number of benzene rings is 2. The zero-order valence-corrected chi connectivity index (χ0v) is 23.4. The van der Waals surface area contributed by atoms with Gasteiger partial charge in [0.15, 0.2) is 9.84 Å². The Morgan fingerprint density at radius 3 is 2.47 bits per heavy atom. The number of hydrogen-bond donors (Lipinski definition) is 1. The SMILES string of the molecule is CCS(=O)(=O)c1ccc(Cl)cc1N(C)C(=O)c1cc(Cl)c(CN2CCC[C@H](C(=O)NC)C2)c(C(F)(F)F)c1. The predicted molar refractivity (Wildman–Crippen MR) is 140 cm³/mol. The summed E-state index contributed by atoms with van der Waals surface area (Å²) in [6.07, 6.45) is -3.55. The first-order chi connectivity index (χ1) is 17.7. The molecule has 2 aromatic carbocycles. The average molecular weight is 594 g/mol. The third-order valence-electron chi connectivity index (χ3n) is 6.55. The van der Waals surface area contributed by atoms with Crippen molar-refractivity contribution in [2.75, 3.05) is 37.8 Å². The summed E-state index contributed by atoms with van der Waals surface area (Å²) in [5.74, 6) is -1.66. The molecule has 13 heteroatoms. The van der Waals surface area contributed by atoms with Crippen molar-refractivity contribution in [2.45, 2.75) is 37.4 Å². The van der Waals surface area contributed by atoms with Crippen molar-refractivity contribution in [2.24, 2.45) is 5.92 Å². The maximum absolute atomic E-state index is 14.2. The van der Waals surface area contributed by atoms with Gasteiger partial charge in [-0.1, -0.05) is 30.1 Å². The quantitative estimate of drug-likeness (QED) is 0.486. The molecule has 0 bridgehead atoms. The lowest BCUT2D eigenvalue weighted by atomic mass is 9.95. The number of piperidine rings is 1. The van der Waals surface area contributed by atoms with Crippen molar-refractivity contribution in [3.05, 3.63) is 57.1 Å². The molecule has 7 nitrogen and oxygen atoms in total. The summed E-state index contributed by atoms with van der Waals surface area (Å²) < 4.78 is 67.6. The van der Waals surface area contributed by atoms with Crippen LogP contribution in [0.4, 0.5) is 18.9 Å². The molecule has 0 saturated carbocycles. The topological polar surface area (TPSA) is 86.8 Å². The van der Waals surface area contributed by atoms with Crippen LogP contribution < -0.4 is 10.2 Å². The minimum absolute atomic E-state index is 0.0633. The normalized spacial score (nSPS) is 16.8. The van der Waals surface area contributed by atoms with Crippen LogP contribution in [0, 0.1) is 5.92 Å². The van der Waals surface area contributed by atoms with Crippen molar-refractivity contribution in [3.8, 4) is 0 Å². The molecule has 0 radical (unpaired) electrons. The molecule has 38 heavy (non-hydrogen) atoms. The van der Waals surface area contributed by atoms with Gasteiger partial charge in [-0.2, -0.15) is 13.2 Å². The molecule has 3 rings (SSSR count). The van der Waals surface area contributed by atoms with Gasteiger partial charge in [0.25, 0.3) is 5.91 Å². The molecule has 1 saturated heterocycles. The number of sulfone groups is 1. The van der Waals surface area contributed by atoms with Crippen LogP contribution in [0.5, 0.6) is 0 Å². The Hall–Kier alpha value is -2.34. The summed E-state index contributed by atoms with van der Waals surface area (Å²) in [6.45, 7) is 2.05. The van der Waals surface area contributed by atoms with Crippen LogP contribution in [0.25, 0.3) is 0 Å². The van der Waals surface area contributed by atoms with Crippen LogP contribution in [0.3, 0.4) is 0 Å². The standard InChI is InChI=1S/C25H28Cl2F3N3O4S/c1-4-38(36,37)22-8-7-17(26)12-21(22)32(3)24(35)16-10-19(25(28,29)30)18(20(27)11-16)14-33-9-5-6-15(13-33)23(34)31-2/h7-8,10-12,15H,4-6,9,13-14H2,1-3H3,(H,31,34)/t15-/m0/s1. The second kappa shape index (κ2) is 11.8. The number of carbonyl (C=O) groups is 2. The minimum Gasteiger partial charge on any atom is -0.359 e. The van der Waals surface area contributed by atoms with Crippen molar-refractivity contribution < 1.29 is 31.2 Å². The van der Waals surface area contributed by atoms with Crippen LogP contribution >= 0.6 is 23.2 Å². The van der Waals surface area contributed by atoms with Gasteiger partial charge in [-0.3, -0.25) is 14.5 Å². The van der Waals surface area contributed by atoms with E-state index in [1.165, 1.54) is 39.2 Å². The number of halogens is 5.